The second kappa shape index (κ2) is 10.4. The molecule has 3 N–H and O–H groups in total. The van der Waals surface area contributed by atoms with Gasteiger partial charge < -0.3 is 10.6 Å². The minimum absolute atomic E-state index is 0.175. The van der Waals surface area contributed by atoms with Gasteiger partial charge in [-0.2, -0.15) is 5.10 Å². The second-order valence-electron chi connectivity index (χ2n) is 6.15. The van der Waals surface area contributed by atoms with E-state index < -0.39 is 17.7 Å². The number of para-hydroxylation sites is 2. The molecule has 0 spiro atoms. The predicted molar refractivity (Wildman–Crippen MR) is 122 cm³/mol. The molecule has 0 aliphatic heterocycles. The number of nitrogens with zero attached hydrogens (tertiary/aromatic N) is 1. The number of nitrogens with one attached hydrogen (secondary N) is 3. The lowest BCUT2D eigenvalue weighted by Gasteiger charge is -2.11. The molecule has 3 rings (SSSR count). The Balaban J connectivity index is 1.65. The van der Waals surface area contributed by atoms with Gasteiger partial charge in [-0.3, -0.25) is 14.4 Å². The molecule has 0 heterocycles. The maximum atomic E-state index is 12.6. The SMILES string of the molecule is O=C(N/N=C/c1c(Cl)cccc1Cl)C(=O)Nc1ccccc1C(=O)Nc1ccccc1. The van der Waals surface area contributed by atoms with Crippen LogP contribution in [0.3, 0.4) is 0 Å². The van der Waals surface area contributed by atoms with Gasteiger partial charge >= 0.3 is 11.8 Å². The van der Waals surface area contributed by atoms with E-state index in [0.717, 1.165) is 0 Å². The van der Waals surface area contributed by atoms with Crippen LogP contribution in [0, 0.1) is 0 Å². The van der Waals surface area contributed by atoms with E-state index in [1.165, 1.54) is 18.3 Å². The number of anilines is 2. The molecule has 0 unspecified atom stereocenters. The minimum atomic E-state index is -1.03. The number of hydrazone groups is 1. The zero-order valence-corrected chi connectivity index (χ0v) is 17.4. The summed E-state index contributed by atoms with van der Waals surface area (Å²) in [5, 5.41) is 9.52. The van der Waals surface area contributed by atoms with Crippen molar-refractivity contribution in [2.24, 2.45) is 5.10 Å². The van der Waals surface area contributed by atoms with E-state index in [4.69, 9.17) is 23.2 Å². The highest BCUT2D eigenvalue weighted by Crippen LogP contribution is 2.22. The Bertz CT molecular complexity index is 1130. The van der Waals surface area contributed by atoms with Gasteiger partial charge in [0.2, 0.25) is 0 Å². The Labute approximate surface area is 188 Å². The number of halogens is 2. The van der Waals surface area contributed by atoms with Crippen LogP contribution >= 0.6 is 23.2 Å². The van der Waals surface area contributed by atoms with Crippen molar-refractivity contribution in [3.8, 4) is 0 Å². The van der Waals surface area contributed by atoms with E-state index in [0.29, 0.717) is 21.3 Å². The van der Waals surface area contributed by atoms with Gasteiger partial charge in [0.05, 0.1) is 27.5 Å². The third kappa shape index (κ3) is 5.91. The van der Waals surface area contributed by atoms with E-state index in [9.17, 15) is 14.4 Å². The molecule has 31 heavy (non-hydrogen) atoms. The van der Waals surface area contributed by atoms with Crippen LogP contribution in [0.25, 0.3) is 0 Å². The number of amides is 3. The first-order chi connectivity index (χ1) is 15.0. The number of carbonyl (C=O) groups is 3. The maximum absolute atomic E-state index is 12.6. The summed E-state index contributed by atoms with van der Waals surface area (Å²) in [6.45, 7) is 0. The molecule has 3 aromatic rings. The van der Waals surface area contributed by atoms with Crippen LogP contribution in [0.2, 0.25) is 10.0 Å². The Morgan fingerprint density at radius 2 is 1.39 bits per heavy atom. The van der Waals surface area contributed by atoms with Crippen molar-refractivity contribution in [2.75, 3.05) is 10.6 Å². The predicted octanol–water partition coefficient (Wildman–Crippen LogP) is 4.33. The van der Waals surface area contributed by atoms with Gasteiger partial charge in [-0.25, -0.2) is 5.43 Å². The number of benzene rings is 3. The molecule has 0 bridgehead atoms. The van der Waals surface area contributed by atoms with Gasteiger partial charge in [-0.1, -0.05) is 59.6 Å². The van der Waals surface area contributed by atoms with Crippen molar-refractivity contribution < 1.29 is 14.4 Å². The Hall–Kier alpha value is -3.68. The molecule has 0 aliphatic carbocycles. The van der Waals surface area contributed by atoms with Gasteiger partial charge in [0.25, 0.3) is 5.91 Å². The molecule has 0 radical (unpaired) electrons. The van der Waals surface area contributed by atoms with Gasteiger partial charge in [-0.05, 0) is 36.4 Å². The standard InChI is InChI=1S/C22H16Cl2N4O3/c23-17-10-6-11-18(24)16(17)13-25-28-22(31)21(30)27-19-12-5-4-9-15(19)20(29)26-14-7-2-1-3-8-14/h1-13H,(H,26,29)(H,27,30)(H,28,31)/b25-13+. The molecule has 0 saturated carbocycles. The zero-order chi connectivity index (χ0) is 22.2. The van der Waals surface area contributed by atoms with Crippen LogP contribution in [0.1, 0.15) is 15.9 Å². The lowest BCUT2D eigenvalue weighted by Crippen LogP contribution is -2.33. The number of hydrogen-bond acceptors (Lipinski definition) is 4. The van der Waals surface area contributed by atoms with Crippen molar-refractivity contribution >= 4 is 58.5 Å². The Morgan fingerprint density at radius 3 is 2.10 bits per heavy atom. The van der Waals surface area contributed by atoms with Crippen LogP contribution in [-0.2, 0) is 9.59 Å². The Kier molecular flexibility index (Phi) is 7.37. The highest BCUT2D eigenvalue weighted by Gasteiger charge is 2.17. The van der Waals surface area contributed by atoms with E-state index in [-0.39, 0.29) is 11.3 Å². The third-order valence-electron chi connectivity index (χ3n) is 4.02. The summed E-state index contributed by atoms with van der Waals surface area (Å²) < 4.78 is 0. The van der Waals surface area contributed by atoms with Crippen LogP contribution in [0.4, 0.5) is 11.4 Å². The Morgan fingerprint density at radius 1 is 0.742 bits per heavy atom. The molecule has 0 atom stereocenters. The first-order valence-corrected chi connectivity index (χ1v) is 9.75. The van der Waals surface area contributed by atoms with E-state index in [2.05, 4.69) is 21.2 Å². The molecule has 0 saturated heterocycles. The van der Waals surface area contributed by atoms with Crippen molar-refractivity contribution in [1.29, 1.82) is 0 Å². The summed E-state index contributed by atoms with van der Waals surface area (Å²) >= 11 is 12.0. The number of rotatable bonds is 5. The van der Waals surface area contributed by atoms with Crippen LogP contribution in [0.15, 0.2) is 77.9 Å². The van der Waals surface area contributed by atoms with Crippen LogP contribution in [0.5, 0.6) is 0 Å². The monoisotopic (exact) mass is 454 g/mol. The number of carbonyl (C=O) groups excluding carboxylic acids is 3. The summed E-state index contributed by atoms with van der Waals surface area (Å²) in [7, 11) is 0. The van der Waals surface area contributed by atoms with Gasteiger partial charge in [0.15, 0.2) is 0 Å². The summed E-state index contributed by atoms with van der Waals surface area (Å²) in [5.41, 5.74) is 3.46. The molecular weight excluding hydrogens is 439 g/mol. The smallest absolute Gasteiger partial charge is 0.322 e. The highest BCUT2D eigenvalue weighted by atomic mass is 35.5. The van der Waals surface area contributed by atoms with E-state index >= 15 is 0 Å². The van der Waals surface area contributed by atoms with Crippen molar-refractivity contribution in [3.05, 3.63) is 94.0 Å². The van der Waals surface area contributed by atoms with Crippen molar-refractivity contribution in [2.45, 2.75) is 0 Å². The molecule has 3 amide bonds. The molecule has 9 heteroatoms. The lowest BCUT2D eigenvalue weighted by atomic mass is 10.1. The molecule has 0 fully saturated rings. The minimum Gasteiger partial charge on any atom is -0.322 e. The van der Waals surface area contributed by atoms with Gasteiger partial charge in [0, 0.05) is 11.3 Å². The van der Waals surface area contributed by atoms with Gasteiger partial charge in [0.1, 0.15) is 0 Å². The normalized spacial score (nSPS) is 10.5. The van der Waals surface area contributed by atoms with E-state index in [1.54, 1.807) is 54.6 Å². The highest BCUT2D eigenvalue weighted by molar-refractivity contribution is 6.40. The van der Waals surface area contributed by atoms with E-state index in [1.807, 2.05) is 6.07 Å². The largest absolute Gasteiger partial charge is 0.329 e. The molecule has 7 nitrogen and oxygen atoms in total. The first-order valence-electron chi connectivity index (χ1n) is 8.99. The molecular formula is C22H16Cl2N4O3. The van der Waals surface area contributed by atoms with Gasteiger partial charge in [-0.15, -0.1) is 0 Å². The molecule has 156 valence electrons. The average Bonchev–Trinajstić information content (AvgIpc) is 2.76. The topological polar surface area (TPSA) is 99.7 Å². The molecule has 0 aromatic heterocycles. The first kappa shape index (κ1) is 22.0. The fraction of sp³-hybridized carbons (Fsp3) is 0. The summed E-state index contributed by atoms with van der Waals surface area (Å²) in [6, 6.07) is 20.1. The summed E-state index contributed by atoms with van der Waals surface area (Å²) in [4.78, 5) is 36.9. The van der Waals surface area contributed by atoms with Crippen molar-refractivity contribution in [3.63, 3.8) is 0 Å². The average molecular weight is 455 g/mol. The fourth-order valence-electron chi connectivity index (χ4n) is 2.53. The molecule has 3 aromatic carbocycles. The van der Waals surface area contributed by atoms with Crippen molar-refractivity contribution in [1.82, 2.24) is 5.43 Å². The van der Waals surface area contributed by atoms with Crippen LogP contribution < -0.4 is 16.1 Å². The lowest BCUT2D eigenvalue weighted by molar-refractivity contribution is -0.136. The zero-order valence-electron chi connectivity index (χ0n) is 15.9. The maximum Gasteiger partial charge on any atom is 0.329 e. The quantitative estimate of drug-likeness (QED) is 0.303. The summed E-state index contributed by atoms with van der Waals surface area (Å²) in [5.74, 6) is -2.46. The molecule has 0 aliphatic rings. The summed E-state index contributed by atoms with van der Waals surface area (Å²) in [6.07, 6.45) is 1.23. The fourth-order valence-corrected chi connectivity index (χ4v) is 3.02. The number of hydrogen-bond donors (Lipinski definition) is 3. The third-order valence-corrected chi connectivity index (χ3v) is 4.68. The van der Waals surface area contributed by atoms with Crippen LogP contribution in [-0.4, -0.2) is 23.9 Å². The second-order valence-corrected chi connectivity index (χ2v) is 6.97.